The van der Waals surface area contributed by atoms with E-state index in [0.29, 0.717) is 6.04 Å². The average Bonchev–Trinajstić information content (AvgIpc) is 3.19. The van der Waals surface area contributed by atoms with Crippen molar-refractivity contribution in [1.82, 2.24) is 9.97 Å². The van der Waals surface area contributed by atoms with Gasteiger partial charge in [0.2, 0.25) is 0 Å². The second-order valence-electron chi connectivity index (χ2n) is 5.54. The van der Waals surface area contributed by atoms with E-state index in [1.165, 1.54) is 19.3 Å². The molecule has 0 radical (unpaired) electrons. The van der Waals surface area contributed by atoms with Crippen LogP contribution in [0, 0.1) is 12.8 Å². The van der Waals surface area contributed by atoms with Crippen molar-refractivity contribution >= 4 is 11.6 Å². The van der Waals surface area contributed by atoms with Crippen LogP contribution in [0.25, 0.3) is 0 Å². The second-order valence-corrected chi connectivity index (χ2v) is 5.54. The molecule has 1 aromatic rings. The SMILES string of the molecule is CCCNc1cc(NC(CC)CC2CC2)nc(C)n1. The molecule has 19 heavy (non-hydrogen) atoms. The van der Waals surface area contributed by atoms with E-state index < -0.39 is 0 Å². The zero-order valence-corrected chi connectivity index (χ0v) is 12.4. The van der Waals surface area contributed by atoms with Crippen molar-refractivity contribution in [3.05, 3.63) is 11.9 Å². The summed E-state index contributed by atoms with van der Waals surface area (Å²) in [6.45, 7) is 7.30. The third kappa shape index (κ3) is 4.69. The van der Waals surface area contributed by atoms with E-state index in [1.807, 2.05) is 13.0 Å². The van der Waals surface area contributed by atoms with Crippen LogP contribution >= 0.6 is 0 Å². The fourth-order valence-electron chi connectivity index (χ4n) is 2.28. The van der Waals surface area contributed by atoms with E-state index >= 15 is 0 Å². The van der Waals surface area contributed by atoms with Crippen LogP contribution < -0.4 is 10.6 Å². The quantitative estimate of drug-likeness (QED) is 0.751. The minimum Gasteiger partial charge on any atom is -0.370 e. The Morgan fingerprint density at radius 2 is 2.00 bits per heavy atom. The topological polar surface area (TPSA) is 49.8 Å². The lowest BCUT2D eigenvalue weighted by Crippen LogP contribution is -2.20. The third-order valence-electron chi connectivity index (χ3n) is 3.55. The molecule has 2 rings (SSSR count). The predicted molar refractivity (Wildman–Crippen MR) is 80.6 cm³/mol. The molecule has 1 aliphatic rings. The molecule has 106 valence electrons. The number of hydrogen-bond acceptors (Lipinski definition) is 4. The van der Waals surface area contributed by atoms with Crippen LogP contribution in [0.15, 0.2) is 6.07 Å². The van der Waals surface area contributed by atoms with Crippen molar-refractivity contribution in [2.45, 2.75) is 58.9 Å². The second kappa shape index (κ2) is 6.73. The predicted octanol–water partition coefficient (Wildman–Crippen LogP) is 3.60. The largest absolute Gasteiger partial charge is 0.370 e. The van der Waals surface area contributed by atoms with Crippen LogP contribution in [0.3, 0.4) is 0 Å². The molecule has 1 aromatic heterocycles. The molecule has 1 saturated carbocycles. The van der Waals surface area contributed by atoms with Gasteiger partial charge in [-0.15, -0.1) is 0 Å². The molecule has 1 unspecified atom stereocenters. The van der Waals surface area contributed by atoms with Gasteiger partial charge in [-0.3, -0.25) is 0 Å². The molecule has 0 spiro atoms. The van der Waals surface area contributed by atoms with Crippen LogP contribution in [0.2, 0.25) is 0 Å². The van der Waals surface area contributed by atoms with Crippen LogP contribution in [-0.4, -0.2) is 22.6 Å². The lowest BCUT2D eigenvalue weighted by molar-refractivity contribution is 0.585. The minimum atomic E-state index is 0.542. The maximum atomic E-state index is 4.50. The van der Waals surface area contributed by atoms with Gasteiger partial charge in [0.25, 0.3) is 0 Å². The summed E-state index contributed by atoms with van der Waals surface area (Å²) in [5.41, 5.74) is 0. The molecule has 0 aromatic carbocycles. The van der Waals surface area contributed by atoms with Crippen molar-refractivity contribution < 1.29 is 0 Å². The molecule has 0 amide bonds. The van der Waals surface area contributed by atoms with Gasteiger partial charge in [-0.2, -0.15) is 0 Å². The fourth-order valence-corrected chi connectivity index (χ4v) is 2.28. The van der Waals surface area contributed by atoms with E-state index in [-0.39, 0.29) is 0 Å². The molecule has 4 nitrogen and oxygen atoms in total. The van der Waals surface area contributed by atoms with Crippen molar-refractivity contribution in [1.29, 1.82) is 0 Å². The van der Waals surface area contributed by atoms with Crippen LogP contribution in [0.1, 0.15) is 51.8 Å². The first kappa shape index (κ1) is 14.1. The maximum absolute atomic E-state index is 4.50. The van der Waals surface area contributed by atoms with Crippen LogP contribution in [0.5, 0.6) is 0 Å². The Labute approximate surface area is 116 Å². The Hall–Kier alpha value is -1.32. The van der Waals surface area contributed by atoms with Gasteiger partial charge in [0.1, 0.15) is 17.5 Å². The van der Waals surface area contributed by atoms with Gasteiger partial charge >= 0.3 is 0 Å². The first-order chi connectivity index (χ1) is 9.21. The van der Waals surface area contributed by atoms with Gasteiger partial charge in [-0.25, -0.2) is 9.97 Å². The van der Waals surface area contributed by atoms with Gasteiger partial charge in [0.15, 0.2) is 0 Å². The number of aromatic nitrogens is 2. The van der Waals surface area contributed by atoms with E-state index in [0.717, 1.165) is 42.8 Å². The Bertz CT molecular complexity index is 401. The van der Waals surface area contributed by atoms with Crippen molar-refractivity contribution in [3.63, 3.8) is 0 Å². The van der Waals surface area contributed by atoms with Gasteiger partial charge in [0, 0.05) is 18.7 Å². The molecular formula is C15H26N4. The summed E-state index contributed by atoms with van der Waals surface area (Å²) < 4.78 is 0. The number of nitrogens with zero attached hydrogens (tertiary/aromatic N) is 2. The number of aryl methyl sites for hydroxylation is 1. The van der Waals surface area contributed by atoms with Gasteiger partial charge in [0.05, 0.1) is 0 Å². The molecule has 2 N–H and O–H groups in total. The van der Waals surface area contributed by atoms with E-state index in [4.69, 9.17) is 0 Å². The Morgan fingerprint density at radius 3 is 2.63 bits per heavy atom. The van der Waals surface area contributed by atoms with E-state index in [1.54, 1.807) is 0 Å². The van der Waals surface area contributed by atoms with Gasteiger partial charge in [-0.1, -0.05) is 26.7 Å². The Kier molecular flexibility index (Phi) is 5.00. The molecular weight excluding hydrogens is 236 g/mol. The summed E-state index contributed by atoms with van der Waals surface area (Å²) in [7, 11) is 0. The smallest absolute Gasteiger partial charge is 0.132 e. The van der Waals surface area contributed by atoms with E-state index in [2.05, 4.69) is 34.4 Å². The first-order valence-corrected chi connectivity index (χ1v) is 7.57. The number of nitrogens with one attached hydrogen (secondary N) is 2. The summed E-state index contributed by atoms with van der Waals surface area (Å²) in [6, 6.07) is 2.57. The van der Waals surface area contributed by atoms with Crippen molar-refractivity contribution in [2.75, 3.05) is 17.2 Å². The number of hydrogen-bond donors (Lipinski definition) is 2. The highest BCUT2D eigenvalue weighted by Gasteiger charge is 2.24. The molecule has 1 fully saturated rings. The highest BCUT2D eigenvalue weighted by atomic mass is 15.1. The lowest BCUT2D eigenvalue weighted by atomic mass is 10.1. The zero-order chi connectivity index (χ0) is 13.7. The molecule has 1 atom stereocenters. The third-order valence-corrected chi connectivity index (χ3v) is 3.55. The molecule has 4 heteroatoms. The van der Waals surface area contributed by atoms with Crippen LogP contribution in [-0.2, 0) is 0 Å². The lowest BCUT2D eigenvalue weighted by Gasteiger charge is -2.18. The van der Waals surface area contributed by atoms with Crippen LogP contribution in [0.4, 0.5) is 11.6 Å². The van der Waals surface area contributed by atoms with E-state index in [9.17, 15) is 0 Å². The number of rotatable bonds is 8. The standard InChI is InChI=1S/C15H26N4/c1-4-8-16-14-10-15(18-11(3)17-14)19-13(5-2)9-12-6-7-12/h10,12-13H,4-9H2,1-3H3,(H2,16,17,18,19). The van der Waals surface area contributed by atoms with Gasteiger partial charge in [-0.05, 0) is 32.1 Å². The van der Waals surface area contributed by atoms with Gasteiger partial charge < -0.3 is 10.6 Å². The highest BCUT2D eigenvalue weighted by Crippen LogP contribution is 2.34. The normalized spacial score (nSPS) is 16.2. The van der Waals surface area contributed by atoms with Crippen molar-refractivity contribution in [3.8, 4) is 0 Å². The summed E-state index contributed by atoms with van der Waals surface area (Å²) in [5, 5.41) is 6.90. The summed E-state index contributed by atoms with van der Waals surface area (Å²) >= 11 is 0. The molecule has 1 heterocycles. The summed E-state index contributed by atoms with van der Waals surface area (Å²) in [6.07, 6.45) is 6.34. The molecule has 1 aliphatic carbocycles. The Balaban J connectivity index is 1.98. The highest BCUT2D eigenvalue weighted by molar-refractivity contribution is 5.48. The zero-order valence-electron chi connectivity index (χ0n) is 12.4. The number of anilines is 2. The van der Waals surface area contributed by atoms with Crippen molar-refractivity contribution in [2.24, 2.45) is 5.92 Å². The molecule has 0 saturated heterocycles. The Morgan fingerprint density at radius 1 is 1.26 bits per heavy atom. The average molecular weight is 262 g/mol. The maximum Gasteiger partial charge on any atom is 0.132 e. The molecule has 0 aliphatic heterocycles. The monoisotopic (exact) mass is 262 g/mol. The minimum absolute atomic E-state index is 0.542. The fraction of sp³-hybridized carbons (Fsp3) is 0.733. The summed E-state index contributed by atoms with van der Waals surface area (Å²) in [4.78, 5) is 8.91. The summed E-state index contributed by atoms with van der Waals surface area (Å²) in [5.74, 6) is 3.65. The molecule has 0 bridgehead atoms. The first-order valence-electron chi connectivity index (χ1n) is 7.57.